The molecule has 0 amide bonds. The molecule has 0 radical (unpaired) electrons. The van der Waals surface area contributed by atoms with Gasteiger partial charge in [0.15, 0.2) is 0 Å². The quantitative estimate of drug-likeness (QED) is 0.765. The zero-order valence-electron chi connectivity index (χ0n) is 8.54. The largest absolute Gasteiger partial charge is 0.465 e. The van der Waals surface area contributed by atoms with Crippen molar-refractivity contribution in [2.75, 3.05) is 7.11 Å². The number of carbonyl (C=O) groups is 1. The fraction of sp³-hybridized carbons (Fsp3) is 0.200. The summed E-state index contributed by atoms with van der Waals surface area (Å²) in [6.07, 6.45) is 0. The molecule has 0 bridgehead atoms. The Bertz CT molecular complexity index is 482. The van der Waals surface area contributed by atoms with Crippen LogP contribution in [0, 0.1) is 17.1 Å². The van der Waals surface area contributed by atoms with Crippen molar-refractivity contribution in [3.63, 3.8) is 0 Å². The standard InChI is InChI=1S/C10H6F3NO3/c1-16-9(15)6-2-5(11)3-8(7(6)4-14)17-10(12)13/h2-3,10H,1H3. The summed E-state index contributed by atoms with van der Waals surface area (Å²) < 4.78 is 45.3. The van der Waals surface area contributed by atoms with Crippen LogP contribution in [0.4, 0.5) is 13.2 Å². The third kappa shape index (κ3) is 2.87. The van der Waals surface area contributed by atoms with Crippen LogP contribution >= 0.6 is 0 Å². The number of hydrogen-bond acceptors (Lipinski definition) is 4. The highest BCUT2D eigenvalue weighted by Gasteiger charge is 2.20. The van der Waals surface area contributed by atoms with Gasteiger partial charge < -0.3 is 9.47 Å². The van der Waals surface area contributed by atoms with Gasteiger partial charge >= 0.3 is 12.6 Å². The van der Waals surface area contributed by atoms with E-state index in [2.05, 4.69) is 9.47 Å². The van der Waals surface area contributed by atoms with Crippen LogP contribution in [-0.4, -0.2) is 19.7 Å². The fourth-order valence-corrected chi connectivity index (χ4v) is 1.16. The first-order chi connectivity index (χ1) is 7.99. The minimum atomic E-state index is -3.23. The van der Waals surface area contributed by atoms with Crippen LogP contribution in [0.25, 0.3) is 0 Å². The third-order valence-electron chi connectivity index (χ3n) is 1.80. The summed E-state index contributed by atoms with van der Waals surface area (Å²) in [7, 11) is 1.02. The van der Waals surface area contributed by atoms with Gasteiger partial charge in [0.05, 0.1) is 12.7 Å². The molecule has 0 N–H and O–H groups in total. The molecule has 1 aromatic carbocycles. The van der Waals surface area contributed by atoms with Gasteiger partial charge in [0.2, 0.25) is 0 Å². The van der Waals surface area contributed by atoms with Gasteiger partial charge in [-0.1, -0.05) is 0 Å². The van der Waals surface area contributed by atoms with Crippen molar-refractivity contribution in [1.29, 1.82) is 5.26 Å². The van der Waals surface area contributed by atoms with Crippen LogP contribution < -0.4 is 4.74 Å². The second-order valence-electron chi connectivity index (χ2n) is 2.81. The molecular weight excluding hydrogens is 239 g/mol. The van der Waals surface area contributed by atoms with Gasteiger partial charge in [-0.2, -0.15) is 14.0 Å². The van der Waals surface area contributed by atoms with Gasteiger partial charge in [-0.25, -0.2) is 9.18 Å². The van der Waals surface area contributed by atoms with Crippen LogP contribution in [0.3, 0.4) is 0 Å². The molecule has 0 aromatic heterocycles. The average molecular weight is 245 g/mol. The molecule has 1 rings (SSSR count). The Balaban J connectivity index is 3.36. The van der Waals surface area contributed by atoms with E-state index in [1.54, 1.807) is 0 Å². The van der Waals surface area contributed by atoms with E-state index in [-0.39, 0.29) is 0 Å². The van der Waals surface area contributed by atoms with Gasteiger partial charge in [-0.15, -0.1) is 0 Å². The average Bonchev–Trinajstić information content (AvgIpc) is 2.26. The SMILES string of the molecule is COC(=O)c1cc(F)cc(OC(F)F)c1C#N. The lowest BCUT2D eigenvalue weighted by molar-refractivity contribution is -0.0502. The summed E-state index contributed by atoms with van der Waals surface area (Å²) in [5, 5.41) is 8.74. The molecule has 7 heteroatoms. The number of rotatable bonds is 3. The van der Waals surface area contributed by atoms with Gasteiger partial charge in [-0.3, -0.25) is 0 Å². The van der Waals surface area contributed by atoms with E-state index in [9.17, 15) is 18.0 Å². The number of hydrogen-bond donors (Lipinski definition) is 0. The first-order valence-electron chi connectivity index (χ1n) is 4.26. The Morgan fingerprint density at radius 2 is 2.12 bits per heavy atom. The van der Waals surface area contributed by atoms with Crippen molar-refractivity contribution in [2.24, 2.45) is 0 Å². The lowest BCUT2D eigenvalue weighted by Gasteiger charge is -2.09. The number of nitriles is 1. The summed E-state index contributed by atoms with van der Waals surface area (Å²) in [5.41, 5.74) is -0.968. The van der Waals surface area contributed by atoms with Crippen LogP contribution in [0.2, 0.25) is 0 Å². The Morgan fingerprint density at radius 1 is 1.47 bits per heavy atom. The zero-order chi connectivity index (χ0) is 13.0. The number of ether oxygens (including phenoxy) is 2. The number of alkyl halides is 2. The minimum absolute atomic E-state index is 0.467. The second-order valence-corrected chi connectivity index (χ2v) is 2.81. The maximum Gasteiger partial charge on any atom is 0.387 e. The summed E-state index contributed by atoms with van der Waals surface area (Å²) >= 11 is 0. The van der Waals surface area contributed by atoms with Crippen molar-refractivity contribution >= 4 is 5.97 Å². The molecule has 0 aliphatic rings. The fourth-order valence-electron chi connectivity index (χ4n) is 1.16. The monoisotopic (exact) mass is 245 g/mol. The van der Waals surface area contributed by atoms with Gasteiger partial charge in [0.25, 0.3) is 0 Å². The van der Waals surface area contributed by atoms with E-state index >= 15 is 0 Å². The molecule has 0 spiro atoms. The predicted octanol–water partition coefficient (Wildman–Crippen LogP) is 2.09. The number of halogens is 3. The van der Waals surface area contributed by atoms with E-state index in [0.29, 0.717) is 12.1 Å². The molecule has 0 saturated carbocycles. The van der Waals surface area contributed by atoms with E-state index in [0.717, 1.165) is 7.11 Å². The zero-order valence-corrected chi connectivity index (χ0v) is 8.54. The van der Waals surface area contributed by atoms with Crippen LogP contribution in [0.15, 0.2) is 12.1 Å². The molecule has 90 valence electrons. The van der Waals surface area contributed by atoms with Crippen LogP contribution in [0.5, 0.6) is 5.75 Å². The highest BCUT2D eigenvalue weighted by Crippen LogP contribution is 2.25. The lowest BCUT2D eigenvalue weighted by Crippen LogP contribution is -2.09. The summed E-state index contributed by atoms with van der Waals surface area (Å²) in [6, 6.07) is 2.79. The van der Waals surface area contributed by atoms with Gasteiger partial charge in [0.1, 0.15) is 23.2 Å². The predicted molar refractivity (Wildman–Crippen MR) is 49.1 cm³/mol. The minimum Gasteiger partial charge on any atom is -0.465 e. The highest BCUT2D eigenvalue weighted by molar-refractivity contribution is 5.93. The Morgan fingerprint density at radius 3 is 2.59 bits per heavy atom. The number of carbonyl (C=O) groups excluding carboxylic acids is 1. The van der Waals surface area contributed by atoms with Crippen LogP contribution in [-0.2, 0) is 4.74 Å². The summed E-state index contributed by atoms with van der Waals surface area (Å²) in [5.74, 6) is -2.71. The van der Waals surface area contributed by atoms with Crippen molar-refractivity contribution in [3.05, 3.63) is 29.1 Å². The van der Waals surface area contributed by atoms with E-state index in [4.69, 9.17) is 5.26 Å². The Kier molecular flexibility index (Phi) is 3.93. The number of benzene rings is 1. The molecular formula is C10H6F3NO3. The Hall–Kier alpha value is -2.23. The second kappa shape index (κ2) is 5.21. The van der Waals surface area contributed by atoms with E-state index < -0.39 is 35.3 Å². The normalized spacial score (nSPS) is 9.88. The van der Waals surface area contributed by atoms with Gasteiger partial charge in [-0.05, 0) is 6.07 Å². The number of esters is 1. The highest BCUT2D eigenvalue weighted by atomic mass is 19.3. The van der Waals surface area contributed by atoms with Crippen molar-refractivity contribution in [3.8, 4) is 11.8 Å². The number of nitrogens with zero attached hydrogens (tertiary/aromatic N) is 1. The molecule has 0 aliphatic carbocycles. The molecule has 0 atom stereocenters. The molecule has 0 unspecified atom stereocenters. The van der Waals surface area contributed by atoms with Crippen molar-refractivity contribution in [2.45, 2.75) is 6.61 Å². The lowest BCUT2D eigenvalue weighted by atomic mass is 10.1. The topological polar surface area (TPSA) is 59.3 Å². The van der Waals surface area contributed by atoms with Crippen molar-refractivity contribution in [1.82, 2.24) is 0 Å². The molecule has 4 nitrogen and oxygen atoms in total. The smallest absolute Gasteiger partial charge is 0.387 e. The summed E-state index contributed by atoms with van der Waals surface area (Å²) in [4.78, 5) is 11.2. The number of methoxy groups -OCH3 is 1. The first kappa shape index (κ1) is 12.8. The molecule has 0 aliphatic heterocycles. The molecule has 17 heavy (non-hydrogen) atoms. The molecule has 1 aromatic rings. The maximum absolute atomic E-state index is 13.0. The van der Waals surface area contributed by atoms with Gasteiger partial charge in [0, 0.05) is 6.07 Å². The summed E-state index contributed by atoms with van der Waals surface area (Å²) in [6.45, 7) is -3.23. The molecule has 0 heterocycles. The van der Waals surface area contributed by atoms with Crippen molar-refractivity contribution < 1.29 is 27.4 Å². The van der Waals surface area contributed by atoms with E-state index in [1.165, 1.54) is 6.07 Å². The maximum atomic E-state index is 13.0. The Labute approximate surface area is 94.2 Å². The third-order valence-corrected chi connectivity index (χ3v) is 1.80. The molecule has 0 fully saturated rings. The molecule has 0 saturated heterocycles. The first-order valence-corrected chi connectivity index (χ1v) is 4.26. The van der Waals surface area contributed by atoms with E-state index in [1.807, 2.05) is 0 Å². The van der Waals surface area contributed by atoms with Crippen LogP contribution in [0.1, 0.15) is 15.9 Å².